The first-order valence-corrected chi connectivity index (χ1v) is 7.12. The van der Waals surface area contributed by atoms with Gasteiger partial charge < -0.3 is 0 Å². The fourth-order valence-corrected chi connectivity index (χ4v) is 2.93. The molecule has 19 heavy (non-hydrogen) atoms. The quantitative estimate of drug-likeness (QED) is 0.854. The van der Waals surface area contributed by atoms with E-state index in [9.17, 15) is 4.79 Å². The zero-order valence-corrected chi connectivity index (χ0v) is 13.5. The summed E-state index contributed by atoms with van der Waals surface area (Å²) >= 11 is 6.70. The van der Waals surface area contributed by atoms with Crippen molar-refractivity contribution in [1.29, 1.82) is 0 Å². The van der Waals surface area contributed by atoms with Crippen molar-refractivity contribution < 1.29 is 4.79 Å². The molecular weight excluding hydrogens is 374 g/mol. The van der Waals surface area contributed by atoms with Crippen LogP contribution in [0, 0.1) is 13.8 Å². The van der Waals surface area contributed by atoms with Gasteiger partial charge in [-0.05, 0) is 38.1 Å². The van der Waals surface area contributed by atoms with Gasteiger partial charge in [-0.3, -0.25) is 10.1 Å². The third-order valence-electron chi connectivity index (χ3n) is 2.33. The zero-order valence-electron chi connectivity index (χ0n) is 10.4. The molecule has 1 amide bonds. The summed E-state index contributed by atoms with van der Waals surface area (Å²) in [6, 6.07) is 7.20. The van der Waals surface area contributed by atoms with Gasteiger partial charge in [0.25, 0.3) is 5.91 Å². The van der Waals surface area contributed by atoms with E-state index in [4.69, 9.17) is 0 Å². The SMILES string of the molecule is Cc1cc(C)nc(NC(=O)c2cc(Br)cc(Br)c2)n1. The summed E-state index contributed by atoms with van der Waals surface area (Å²) in [4.78, 5) is 20.5. The van der Waals surface area contributed by atoms with Crippen molar-refractivity contribution in [3.8, 4) is 0 Å². The van der Waals surface area contributed by atoms with E-state index in [1.807, 2.05) is 26.0 Å². The molecule has 4 nitrogen and oxygen atoms in total. The van der Waals surface area contributed by atoms with Gasteiger partial charge >= 0.3 is 0 Å². The molecule has 98 valence electrons. The molecule has 6 heteroatoms. The highest BCUT2D eigenvalue weighted by Gasteiger charge is 2.10. The normalized spacial score (nSPS) is 10.3. The van der Waals surface area contributed by atoms with E-state index >= 15 is 0 Å². The van der Waals surface area contributed by atoms with Gasteiger partial charge in [0.1, 0.15) is 0 Å². The minimum atomic E-state index is -0.244. The Kier molecular flexibility index (Phi) is 4.31. The molecule has 1 heterocycles. The highest BCUT2D eigenvalue weighted by molar-refractivity contribution is 9.11. The fourth-order valence-electron chi connectivity index (χ4n) is 1.64. The monoisotopic (exact) mass is 383 g/mol. The van der Waals surface area contributed by atoms with Crippen LogP contribution in [0.1, 0.15) is 21.7 Å². The lowest BCUT2D eigenvalue weighted by Gasteiger charge is -2.06. The van der Waals surface area contributed by atoms with E-state index in [1.165, 1.54) is 0 Å². The number of halogens is 2. The number of amides is 1. The first-order chi connectivity index (χ1) is 8.94. The number of aryl methyl sites for hydroxylation is 2. The predicted octanol–water partition coefficient (Wildman–Crippen LogP) is 3.87. The number of benzene rings is 1. The highest BCUT2D eigenvalue weighted by Crippen LogP contribution is 2.20. The number of hydrogen-bond acceptors (Lipinski definition) is 3. The van der Waals surface area contributed by atoms with Gasteiger partial charge in [-0.25, -0.2) is 9.97 Å². The molecule has 0 radical (unpaired) electrons. The average molecular weight is 385 g/mol. The van der Waals surface area contributed by atoms with Gasteiger partial charge in [0, 0.05) is 25.9 Å². The number of hydrogen-bond donors (Lipinski definition) is 1. The van der Waals surface area contributed by atoms with E-state index in [2.05, 4.69) is 47.1 Å². The van der Waals surface area contributed by atoms with Crippen LogP contribution in [0.25, 0.3) is 0 Å². The molecule has 0 saturated heterocycles. The topological polar surface area (TPSA) is 54.9 Å². The molecular formula is C13H11Br2N3O. The van der Waals surface area contributed by atoms with Gasteiger partial charge in [0.2, 0.25) is 5.95 Å². The van der Waals surface area contributed by atoms with E-state index in [1.54, 1.807) is 12.1 Å². The van der Waals surface area contributed by atoms with E-state index in [0.29, 0.717) is 11.5 Å². The summed E-state index contributed by atoms with van der Waals surface area (Å²) < 4.78 is 1.65. The van der Waals surface area contributed by atoms with Crippen LogP contribution >= 0.6 is 31.9 Å². The molecule has 1 aromatic carbocycles. The highest BCUT2D eigenvalue weighted by atomic mass is 79.9. The van der Waals surface area contributed by atoms with Crippen LogP contribution in [0.2, 0.25) is 0 Å². The third-order valence-corrected chi connectivity index (χ3v) is 3.25. The molecule has 0 spiro atoms. The van der Waals surface area contributed by atoms with Crippen molar-refractivity contribution in [3.63, 3.8) is 0 Å². The Bertz CT molecular complexity index is 603. The van der Waals surface area contributed by atoms with Crippen LogP contribution in [0.4, 0.5) is 5.95 Å². The van der Waals surface area contributed by atoms with Crippen LogP contribution in [-0.2, 0) is 0 Å². The van der Waals surface area contributed by atoms with Gasteiger partial charge in [-0.2, -0.15) is 0 Å². The first kappa shape index (κ1) is 14.1. The standard InChI is InChI=1S/C13H11Br2N3O/c1-7-3-8(2)17-13(16-7)18-12(19)9-4-10(14)6-11(15)5-9/h3-6H,1-2H3,(H,16,17,18,19). The number of anilines is 1. The summed E-state index contributed by atoms with van der Waals surface area (Å²) in [5, 5.41) is 2.69. The number of rotatable bonds is 2. The summed E-state index contributed by atoms with van der Waals surface area (Å²) in [6.45, 7) is 3.72. The first-order valence-electron chi connectivity index (χ1n) is 5.54. The van der Waals surface area contributed by atoms with Crippen LogP contribution in [0.15, 0.2) is 33.2 Å². The lowest BCUT2D eigenvalue weighted by Crippen LogP contribution is -2.15. The van der Waals surface area contributed by atoms with Gasteiger partial charge in [-0.1, -0.05) is 31.9 Å². The van der Waals surface area contributed by atoms with E-state index < -0.39 is 0 Å². The molecule has 0 aliphatic carbocycles. The smallest absolute Gasteiger partial charge is 0.258 e. The Morgan fingerprint density at radius 2 is 1.53 bits per heavy atom. The molecule has 0 saturated carbocycles. The van der Waals surface area contributed by atoms with Crippen molar-refractivity contribution in [3.05, 3.63) is 50.2 Å². The second kappa shape index (κ2) is 5.79. The Hall–Kier alpha value is -1.27. The van der Waals surface area contributed by atoms with Crippen molar-refractivity contribution >= 4 is 43.7 Å². The Labute approximate surface area is 127 Å². The van der Waals surface area contributed by atoms with Crippen molar-refractivity contribution in [2.45, 2.75) is 13.8 Å². The summed E-state index contributed by atoms with van der Waals surface area (Å²) in [5.74, 6) is 0.0746. The summed E-state index contributed by atoms with van der Waals surface area (Å²) in [5.41, 5.74) is 2.17. The number of aromatic nitrogens is 2. The Morgan fingerprint density at radius 1 is 1.00 bits per heavy atom. The van der Waals surface area contributed by atoms with Crippen molar-refractivity contribution in [2.75, 3.05) is 5.32 Å². The average Bonchev–Trinajstić information content (AvgIpc) is 2.25. The van der Waals surface area contributed by atoms with Crippen LogP contribution in [0.5, 0.6) is 0 Å². The van der Waals surface area contributed by atoms with Gasteiger partial charge in [0.15, 0.2) is 0 Å². The summed E-state index contributed by atoms with van der Waals surface area (Å²) in [6.07, 6.45) is 0. The maximum atomic E-state index is 12.1. The van der Waals surface area contributed by atoms with Gasteiger partial charge in [0.05, 0.1) is 0 Å². The molecule has 1 N–H and O–H groups in total. The number of carbonyl (C=O) groups is 1. The van der Waals surface area contributed by atoms with Crippen molar-refractivity contribution in [2.24, 2.45) is 0 Å². The van der Waals surface area contributed by atoms with Crippen LogP contribution < -0.4 is 5.32 Å². The molecule has 0 aliphatic rings. The molecule has 2 aromatic rings. The molecule has 0 bridgehead atoms. The Morgan fingerprint density at radius 3 is 2.05 bits per heavy atom. The van der Waals surface area contributed by atoms with E-state index in [0.717, 1.165) is 20.3 Å². The van der Waals surface area contributed by atoms with Gasteiger partial charge in [-0.15, -0.1) is 0 Å². The molecule has 0 unspecified atom stereocenters. The molecule has 2 rings (SSSR count). The molecule has 0 fully saturated rings. The lowest BCUT2D eigenvalue weighted by molar-refractivity contribution is 0.102. The number of nitrogens with zero attached hydrogens (tertiary/aromatic N) is 2. The number of nitrogens with one attached hydrogen (secondary N) is 1. The van der Waals surface area contributed by atoms with Crippen LogP contribution in [0.3, 0.4) is 0 Å². The Balaban J connectivity index is 2.25. The second-order valence-electron chi connectivity index (χ2n) is 4.09. The maximum Gasteiger partial charge on any atom is 0.258 e. The number of carbonyl (C=O) groups excluding carboxylic acids is 1. The zero-order chi connectivity index (χ0) is 14.0. The predicted molar refractivity (Wildman–Crippen MR) is 81.3 cm³/mol. The van der Waals surface area contributed by atoms with E-state index in [-0.39, 0.29) is 5.91 Å². The summed E-state index contributed by atoms with van der Waals surface area (Å²) in [7, 11) is 0. The molecule has 1 aromatic heterocycles. The minimum absolute atomic E-state index is 0.244. The largest absolute Gasteiger partial charge is 0.290 e. The maximum absolute atomic E-state index is 12.1. The van der Waals surface area contributed by atoms with Crippen molar-refractivity contribution in [1.82, 2.24) is 9.97 Å². The minimum Gasteiger partial charge on any atom is -0.290 e. The fraction of sp³-hybridized carbons (Fsp3) is 0.154. The van der Waals surface area contributed by atoms with Crippen LogP contribution in [-0.4, -0.2) is 15.9 Å². The third kappa shape index (κ3) is 3.84. The molecule has 0 atom stereocenters. The second-order valence-corrected chi connectivity index (χ2v) is 5.92. The lowest BCUT2D eigenvalue weighted by atomic mass is 10.2. The molecule has 0 aliphatic heterocycles.